The van der Waals surface area contributed by atoms with E-state index in [4.69, 9.17) is 16.3 Å². The monoisotopic (exact) mass is 362 g/mol. The molecule has 0 heterocycles. The summed E-state index contributed by atoms with van der Waals surface area (Å²) < 4.78 is 30.6. The highest BCUT2D eigenvalue weighted by molar-refractivity contribution is 7.92. The van der Waals surface area contributed by atoms with Crippen LogP contribution in [0.3, 0.4) is 0 Å². The van der Waals surface area contributed by atoms with E-state index in [9.17, 15) is 13.2 Å². The topological polar surface area (TPSA) is 66.9 Å². The van der Waals surface area contributed by atoms with E-state index in [0.717, 1.165) is 10.6 Å². The number of amides is 1. The molecular weight excluding hydrogens is 340 g/mol. The van der Waals surface area contributed by atoms with Gasteiger partial charge in [0, 0.05) is 31.1 Å². The highest BCUT2D eigenvalue weighted by atomic mass is 35.5. The summed E-state index contributed by atoms with van der Waals surface area (Å²) >= 11 is 5.97. The normalized spacial score (nSPS) is 11.2. The maximum absolute atomic E-state index is 12.1. The van der Waals surface area contributed by atoms with Crippen molar-refractivity contribution < 1.29 is 17.9 Å². The molecule has 6 nitrogen and oxygen atoms in total. The van der Waals surface area contributed by atoms with Crippen molar-refractivity contribution in [2.75, 3.05) is 37.3 Å². The number of carbonyl (C=O) groups excluding carboxylic acids is 1. The van der Waals surface area contributed by atoms with Gasteiger partial charge in [-0.15, -0.1) is 0 Å². The number of ether oxygens (including phenoxy) is 1. The van der Waals surface area contributed by atoms with Crippen molar-refractivity contribution >= 4 is 33.2 Å². The largest absolute Gasteiger partial charge is 0.495 e. The van der Waals surface area contributed by atoms with Crippen LogP contribution < -0.4 is 9.04 Å². The third kappa shape index (κ3) is 5.28. The predicted octanol–water partition coefficient (Wildman–Crippen LogP) is 2.37. The first-order chi connectivity index (χ1) is 10.7. The number of nitrogens with zero attached hydrogens (tertiary/aromatic N) is 2. The van der Waals surface area contributed by atoms with Crippen molar-refractivity contribution in [3.05, 3.63) is 23.2 Å². The number of methoxy groups -OCH3 is 1. The van der Waals surface area contributed by atoms with Gasteiger partial charge in [0.2, 0.25) is 15.9 Å². The van der Waals surface area contributed by atoms with Crippen molar-refractivity contribution in [2.45, 2.75) is 20.3 Å². The highest BCUT2D eigenvalue weighted by Gasteiger charge is 2.23. The van der Waals surface area contributed by atoms with Crippen LogP contribution in [0.5, 0.6) is 5.75 Å². The zero-order chi connectivity index (χ0) is 17.6. The zero-order valence-corrected chi connectivity index (χ0v) is 15.4. The quantitative estimate of drug-likeness (QED) is 0.712. The van der Waals surface area contributed by atoms with Gasteiger partial charge in [0.05, 0.1) is 19.1 Å². The van der Waals surface area contributed by atoms with Crippen LogP contribution in [0, 0.1) is 0 Å². The van der Waals surface area contributed by atoms with E-state index >= 15 is 0 Å². The number of sulfonamides is 1. The molecule has 0 unspecified atom stereocenters. The lowest BCUT2D eigenvalue weighted by Gasteiger charge is -2.26. The lowest BCUT2D eigenvalue weighted by atomic mass is 10.2. The first kappa shape index (κ1) is 19.6. The molecule has 130 valence electrons. The van der Waals surface area contributed by atoms with Crippen LogP contribution in [0.1, 0.15) is 20.3 Å². The third-order valence-electron chi connectivity index (χ3n) is 3.45. The Morgan fingerprint density at radius 2 is 1.87 bits per heavy atom. The van der Waals surface area contributed by atoms with Crippen molar-refractivity contribution in [1.82, 2.24) is 4.90 Å². The summed E-state index contributed by atoms with van der Waals surface area (Å²) in [5, 5.41) is 0.393. The van der Waals surface area contributed by atoms with Gasteiger partial charge in [0.1, 0.15) is 5.75 Å². The number of halogens is 1. The van der Waals surface area contributed by atoms with Gasteiger partial charge in [0.15, 0.2) is 0 Å². The molecular formula is C15H23ClN2O4S. The van der Waals surface area contributed by atoms with Crippen molar-refractivity contribution in [3.8, 4) is 5.75 Å². The molecule has 0 aliphatic carbocycles. The maximum Gasteiger partial charge on any atom is 0.232 e. The molecule has 23 heavy (non-hydrogen) atoms. The summed E-state index contributed by atoms with van der Waals surface area (Å²) in [7, 11) is -2.13. The van der Waals surface area contributed by atoms with Crippen LogP contribution in [0.25, 0.3) is 0 Å². The Morgan fingerprint density at radius 1 is 1.26 bits per heavy atom. The number of benzene rings is 1. The lowest BCUT2D eigenvalue weighted by molar-refractivity contribution is -0.130. The predicted molar refractivity (Wildman–Crippen MR) is 92.7 cm³/mol. The minimum absolute atomic E-state index is 0.0326. The molecule has 0 saturated carbocycles. The summed E-state index contributed by atoms with van der Waals surface area (Å²) in [6, 6.07) is 4.73. The number of rotatable bonds is 8. The Labute approximate surface area is 143 Å². The fourth-order valence-electron chi connectivity index (χ4n) is 2.25. The Bertz CT molecular complexity index is 645. The fourth-order valence-corrected chi connectivity index (χ4v) is 3.34. The maximum atomic E-state index is 12.1. The van der Waals surface area contributed by atoms with Gasteiger partial charge in [-0.1, -0.05) is 11.6 Å². The van der Waals surface area contributed by atoms with Crippen LogP contribution in [0.4, 0.5) is 5.69 Å². The van der Waals surface area contributed by atoms with Crippen molar-refractivity contribution in [3.63, 3.8) is 0 Å². The van der Waals surface area contributed by atoms with Crippen LogP contribution >= 0.6 is 11.6 Å². The molecule has 0 aliphatic heterocycles. The second-order valence-corrected chi connectivity index (χ2v) is 7.31. The molecule has 0 radical (unpaired) electrons. The first-order valence-electron chi connectivity index (χ1n) is 7.33. The van der Waals surface area contributed by atoms with Gasteiger partial charge in [0.25, 0.3) is 0 Å². The van der Waals surface area contributed by atoms with Crippen LogP contribution in [-0.2, 0) is 14.8 Å². The van der Waals surface area contributed by atoms with Crippen LogP contribution in [-0.4, -0.2) is 52.2 Å². The van der Waals surface area contributed by atoms with E-state index in [2.05, 4.69) is 0 Å². The molecule has 8 heteroatoms. The molecule has 1 aromatic carbocycles. The molecule has 0 spiro atoms. The second-order valence-electron chi connectivity index (χ2n) is 4.97. The van der Waals surface area contributed by atoms with E-state index in [0.29, 0.717) is 29.5 Å². The minimum Gasteiger partial charge on any atom is -0.495 e. The summed E-state index contributed by atoms with van der Waals surface area (Å²) in [5.74, 6) is 0.291. The average Bonchev–Trinajstić information content (AvgIpc) is 2.47. The minimum atomic E-state index is -3.58. The third-order valence-corrected chi connectivity index (χ3v) is 4.87. The zero-order valence-electron chi connectivity index (χ0n) is 13.9. The SMILES string of the molecule is CCN(CC)C(=O)CCN(c1cc(Cl)ccc1OC)S(C)(=O)=O. The van der Waals surface area contributed by atoms with Gasteiger partial charge >= 0.3 is 0 Å². The molecule has 1 rings (SSSR count). The highest BCUT2D eigenvalue weighted by Crippen LogP contribution is 2.32. The molecule has 0 atom stereocenters. The Balaban J connectivity index is 3.09. The van der Waals surface area contributed by atoms with Crippen molar-refractivity contribution in [1.29, 1.82) is 0 Å². The number of carbonyl (C=O) groups is 1. The number of anilines is 1. The summed E-state index contributed by atoms with van der Waals surface area (Å²) in [6.07, 6.45) is 1.18. The molecule has 0 aromatic heterocycles. The van der Waals surface area contributed by atoms with E-state index in [-0.39, 0.29) is 18.9 Å². The Kier molecular flexibility index (Phi) is 7.15. The summed E-state index contributed by atoms with van der Waals surface area (Å²) in [5.41, 5.74) is 0.329. The second kappa shape index (κ2) is 8.40. The number of hydrogen-bond acceptors (Lipinski definition) is 4. The standard InChI is InChI=1S/C15H23ClN2O4S/c1-5-17(6-2)15(19)9-10-18(23(4,20)21)13-11-12(16)7-8-14(13)22-3/h7-8,11H,5-6,9-10H2,1-4H3. The molecule has 1 amide bonds. The summed E-state index contributed by atoms with van der Waals surface area (Å²) in [4.78, 5) is 13.8. The average molecular weight is 363 g/mol. The first-order valence-corrected chi connectivity index (χ1v) is 9.56. The van der Waals surface area contributed by atoms with Crippen LogP contribution in [0.15, 0.2) is 18.2 Å². The molecule has 0 N–H and O–H groups in total. The van der Waals surface area contributed by atoms with Crippen molar-refractivity contribution in [2.24, 2.45) is 0 Å². The fraction of sp³-hybridized carbons (Fsp3) is 0.533. The van der Waals surface area contributed by atoms with Gasteiger partial charge < -0.3 is 9.64 Å². The van der Waals surface area contributed by atoms with Gasteiger partial charge in [-0.25, -0.2) is 8.42 Å². The number of hydrogen-bond donors (Lipinski definition) is 0. The molecule has 1 aromatic rings. The van der Waals surface area contributed by atoms with E-state index in [1.54, 1.807) is 17.0 Å². The molecule has 0 bridgehead atoms. The Morgan fingerprint density at radius 3 is 2.35 bits per heavy atom. The van der Waals surface area contributed by atoms with Gasteiger partial charge in [-0.3, -0.25) is 9.10 Å². The molecule has 0 fully saturated rings. The van der Waals surface area contributed by atoms with E-state index in [1.807, 2.05) is 13.8 Å². The summed E-state index contributed by atoms with van der Waals surface area (Å²) in [6.45, 7) is 4.99. The smallest absolute Gasteiger partial charge is 0.232 e. The Hall–Kier alpha value is -1.47. The van der Waals surface area contributed by atoms with Gasteiger partial charge in [-0.05, 0) is 32.0 Å². The molecule has 0 aliphatic rings. The van der Waals surface area contributed by atoms with Gasteiger partial charge in [-0.2, -0.15) is 0 Å². The molecule has 0 saturated heterocycles. The van der Waals surface area contributed by atoms with E-state index in [1.165, 1.54) is 13.2 Å². The van der Waals surface area contributed by atoms with Crippen LogP contribution in [0.2, 0.25) is 5.02 Å². The van der Waals surface area contributed by atoms with E-state index < -0.39 is 10.0 Å². The lowest BCUT2D eigenvalue weighted by Crippen LogP contribution is -2.36.